The Kier molecular flexibility index (Phi) is 4.12. The van der Waals surface area contributed by atoms with Gasteiger partial charge in [0, 0.05) is 24.0 Å². The molecule has 0 saturated heterocycles. The van der Waals surface area contributed by atoms with Crippen LogP contribution in [0.3, 0.4) is 0 Å². The van der Waals surface area contributed by atoms with Crippen LogP contribution in [-0.2, 0) is 12.8 Å². The van der Waals surface area contributed by atoms with E-state index in [0.29, 0.717) is 5.56 Å². The van der Waals surface area contributed by atoms with Crippen molar-refractivity contribution in [2.24, 2.45) is 0 Å². The monoisotopic (exact) mass is 240 g/mol. The van der Waals surface area contributed by atoms with Crippen molar-refractivity contribution in [3.05, 3.63) is 34.4 Å². The van der Waals surface area contributed by atoms with Gasteiger partial charge in [-0.1, -0.05) is 12.1 Å². The highest BCUT2D eigenvalue weighted by atomic mass is 16.4. The highest BCUT2D eigenvalue weighted by Crippen LogP contribution is 2.20. The second kappa shape index (κ2) is 5.56. The quantitative estimate of drug-likeness (QED) is 0.617. The van der Waals surface area contributed by atoms with Gasteiger partial charge in [0.05, 0.1) is 11.9 Å². The Hall–Kier alpha value is -2.72. The molecule has 0 bridgehead atoms. The second-order valence-electron chi connectivity index (χ2n) is 3.46. The number of hydrogen-bond donors (Lipinski definition) is 0. The second-order valence-corrected chi connectivity index (χ2v) is 3.46. The first-order chi connectivity index (χ1) is 8.52. The molecule has 1 aromatic carbocycles. The van der Waals surface area contributed by atoms with E-state index in [4.69, 9.17) is 12.8 Å². The van der Waals surface area contributed by atoms with Crippen molar-refractivity contribution in [1.29, 1.82) is 0 Å². The molecule has 18 heavy (non-hydrogen) atoms. The Balaban J connectivity index is 3.61. The van der Waals surface area contributed by atoms with Gasteiger partial charge < -0.3 is 19.8 Å². The number of carbonyl (C=O) groups is 2. The summed E-state index contributed by atoms with van der Waals surface area (Å²) in [6.45, 7) is 0. The topological polar surface area (TPSA) is 80.3 Å². The Morgan fingerprint density at radius 2 is 1.67 bits per heavy atom. The molecule has 0 amide bonds. The number of hydrogen-bond acceptors (Lipinski definition) is 4. The van der Waals surface area contributed by atoms with Gasteiger partial charge in [-0.25, -0.2) is 0 Å². The lowest BCUT2D eigenvalue weighted by molar-refractivity contribution is -0.259. The largest absolute Gasteiger partial charge is 0.545 e. The predicted molar refractivity (Wildman–Crippen MR) is 60.2 cm³/mol. The fourth-order valence-corrected chi connectivity index (χ4v) is 1.67. The first-order valence-electron chi connectivity index (χ1n) is 4.97. The van der Waals surface area contributed by atoms with Crippen molar-refractivity contribution >= 4 is 11.9 Å². The average molecular weight is 240 g/mol. The molecule has 0 N–H and O–H groups in total. The van der Waals surface area contributed by atoms with Crippen LogP contribution in [0.2, 0.25) is 0 Å². The summed E-state index contributed by atoms with van der Waals surface area (Å²) < 4.78 is 0. The van der Waals surface area contributed by atoms with Gasteiger partial charge in [-0.3, -0.25) is 0 Å². The summed E-state index contributed by atoms with van der Waals surface area (Å²) >= 11 is 0. The zero-order valence-electron chi connectivity index (χ0n) is 9.36. The maximum Gasteiger partial charge on any atom is 0.0725 e. The third kappa shape index (κ3) is 2.50. The van der Waals surface area contributed by atoms with Crippen LogP contribution in [0.1, 0.15) is 31.8 Å². The molecule has 0 radical (unpaired) electrons. The number of carboxylic acids is 2. The van der Waals surface area contributed by atoms with Crippen molar-refractivity contribution in [1.82, 2.24) is 0 Å². The van der Waals surface area contributed by atoms with Crippen molar-refractivity contribution in [2.45, 2.75) is 12.8 Å². The summed E-state index contributed by atoms with van der Waals surface area (Å²) in [6, 6.07) is 2.57. The molecule has 0 aromatic heterocycles. The lowest BCUT2D eigenvalue weighted by Gasteiger charge is -2.18. The van der Waals surface area contributed by atoms with Crippen LogP contribution in [0.4, 0.5) is 0 Å². The lowest BCUT2D eigenvalue weighted by Crippen LogP contribution is -2.31. The van der Waals surface area contributed by atoms with Gasteiger partial charge in [-0.2, -0.15) is 0 Å². The lowest BCUT2D eigenvalue weighted by atomic mass is 9.92. The molecular formula is C14H8O4-2. The van der Waals surface area contributed by atoms with Crippen molar-refractivity contribution < 1.29 is 19.8 Å². The summed E-state index contributed by atoms with van der Waals surface area (Å²) in [6.07, 6.45) is 10.4. The van der Waals surface area contributed by atoms with E-state index in [1.807, 2.05) is 0 Å². The zero-order chi connectivity index (χ0) is 13.7. The zero-order valence-corrected chi connectivity index (χ0v) is 9.36. The summed E-state index contributed by atoms with van der Waals surface area (Å²) in [5.41, 5.74) is -0.224. The molecule has 0 aliphatic carbocycles. The summed E-state index contributed by atoms with van der Waals surface area (Å²) in [4.78, 5) is 21.9. The molecule has 4 nitrogen and oxygen atoms in total. The Morgan fingerprint density at radius 3 is 2.11 bits per heavy atom. The summed E-state index contributed by atoms with van der Waals surface area (Å²) in [7, 11) is 0. The molecule has 0 atom stereocenters. The Labute approximate surface area is 104 Å². The van der Waals surface area contributed by atoms with Crippen molar-refractivity contribution in [2.75, 3.05) is 0 Å². The Morgan fingerprint density at radius 1 is 1.06 bits per heavy atom. The van der Waals surface area contributed by atoms with Gasteiger partial charge >= 0.3 is 0 Å². The van der Waals surface area contributed by atoms with E-state index in [2.05, 4.69) is 11.8 Å². The van der Waals surface area contributed by atoms with Crippen LogP contribution >= 0.6 is 0 Å². The molecule has 4 heteroatoms. The van der Waals surface area contributed by atoms with E-state index < -0.39 is 23.1 Å². The van der Waals surface area contributed by atoms with Gasteiger partial charge in [0.1, 0.15) is 0 Å². The molecule has 0 unspecified atom stereocenters. The molecule has 0 fully saturated rings. The average Bonchev–Trinajstić information content (AvgIpc) is 2.30. The van der Waals surface area contributed by atoms with Crippen LogP contribution in [-0.4, -0.2) is 11.9 Å². The van der Waals surface area contributed by atoms with Gasteiger partial charge in [0.2, 0.25) is 0 Å². The third-order valence-corrected chi connectivity index (χ3v) is 2.41. The number of benzene rings is 1. The van der Waals surface area contributed by atoms with Gasteiger partial charge in [-0.05, 0) is 11.1 Å². The van der Waals surface area contributed by atoms with Crippen LogP contribution < -0.4 is 10.2 Å². The molecule has 0 heterocycles. The minimum absolute atomic E-state index is 0.0402. The van der Waals surface area contributed by atoms with Crippen LogP contribution in [0.15, 0.2) is 12.1 Å². The van der Waals surface area contributed by atoms with Crippen molar-refractivity contribution in [3.8, 4) is 24.7 Å². The minimum Gasteiger partial charge on any atom is -0.545 e. The Bertz CT molecular complexity index is 585. The first kappa shape index (κ1) is 13.3. The van der Waals surface area contributed by atoms with Gasteiger partial charge in [0.25, 0.3) is 0 Å². The maximum absolute atomic E-state index is 11.1. The summed E-state index contributed by atoms with van der Waals surface area (Å²) in [5, 5.41) is 21.9. The number of carbonyl (C=O) groups excluding carboxylic acids is 2. The summed E-state index contributed by atoms with van der Waals surface area (Å²) in [5.74, 6) is 1.41. The molecule has 1 rings (SSSR count). The number of carboxylic acid groups (broad SMARTS) is 2. The van der Waals surface area contributed by atoms with Gasteiger partial charge in [0.15, 0.2) is 0 Å². The number of rotatable bonds is 4. The van der Waals surface area contributed by atoms with E-state index in [1.165, 1.54) is 6.07 Å². The fraction of sp³-hybridized carbons (Fsp3) is 0.143. The predicted octanol–water partition coefficient (Wildman–Crippen LogP) is -1.24. The highest BCUT2D eigenvalue weighted by Gasteiger charge is 2.13. The van der Waals surface area contributed by atoms with E-state index in [0.717, 1.165) is 6.07 Å². The van der Waals surface area contributed by atoms with Crippen LogP contribution in [0, 0.1) is 24.7 Å². The number of terminal acetylenes is 2. The van der Waals surface area contributed by atoms with E-state index in [9.17, 15) is 19.8 Å². The smallest absolute Gasteiger partial charge is 0.0725 e. The SMILES string of the molecule is C#CCc1ccc(C(=O)[O-])c(C(=O)[O-])c1CC#C. The van der Waals surface area contributed by atoms with E-state index >= 15 is 0 Å². The first-order valence-corrected chi connectivity index (χ1v) is 4.97. The molecule has 0 spiro atoms. The van der Waals surface area contributed by atoms with E-state index in [-0.39, 0.29) is 18.4 Å². The molecular weight excluding hydrogens is 232 g/mol. The minimum atomic E-state index is -1.61. The van der Waals surface area contributed by atoms with E-state index in [1.54, 1.807) is 0 Å². The third-order valence-electron chi connectivity index (χ3n) is 2.41. The van der Waals surface area contributed by atoms with Crippen LogP contribution in [0.5, 0.6) is 0 Å². The van der Waals surface area contributed by atoms with Crippen molar-refractivity contribution in [3.63, 3.8) is 0 Å². The molecule has 1 aromatic rings. The molecule has 90 valence electrons. The standard InChI is InChI=1S/C14H10O4/c1-3-5-9-7-8-11(13(15)16)12(14(17)18)10(9)6-4-2/h1-2,7-8H,5-6H2,(H,15,16)(H,17,18)/p-2. The van der Waals surface area contributed by atoms with Crippen LogP contribution in [0.25, 0.3) is 0 Å². The normalized spacial score (nSPS) is 9.22. The van der Waals surface area contributed by atoms with Gasteiger partial charge in [-0.15, -0.1) is 24.7 Å². The fourth-order valence-electron chi connectivity index (χ4n) is 1.67. The maximum atomic E-state index is 11.1. The highest BCUT2D eigenvalue weighted by molar-refractivity contribution is 6.01. The molecule has 0 aliphatic heterocycles. The molecule has 0 aliphatic rings. The number of aromatic carboxylic acids is 2. The molecule has 0 saturated carbocycles.